The summed E-state index contributed by atoms with van der Waals surface area (Å²) in [7, 11) is 1.57. The molecular weight excluding hydrogens is 422 g/mol. The number of hydrogen-bond acceptors (Lipinski definition) is 6. The number of amides is 1. The molecule has 2 aromatic rings. The number of carbonyl (C=O) groups excluding carboxylic acids is 2. The third kappa shape index (κ3) is 5.20. The fourth-order valence-electron chi connectivity index (χ4n) is 3.94. The van der Waals surface area contributed by atoms with Crippen molar-refractivity contribution in [3.63, 3.8) is 0 Å². The Morgan fingerprint density at radius 2 is 1.82 bits per heavy atom. The molecule has 7 heteroatoms. The maximum Gasteiger partial charge on any atom is 0.295 e. The molecular formula is C26H31NO6. The van der Waals surface area contributed by atoms with Crippen molar-refractivity contribution >= 4 is 17.4 Å². The predicted octanol–water partition coefficient (Wildman–Crippen LogP) is 4.25. The number of nitrogens with zero attached hydrogens (tertiary/aromatic N) is 1. The molecule has 0 aliphatic carbocycles. The third-order valence-electron chi connectivity index (χ3n) is 5.50. The van der Waals surface area contributed by atoms with E-state index in [0.717, 1.165) is 5.56 Å². The topological polar surface area (TPSA) is 85.3 Å². The second-order valence-corrected chi connectivity index (χ2v) is 8.10. The third-order valence-corrected chi connectivity index (χ3v) is 5.50. The van der Waals surface area contributed by atoms with Crippen LogP contribution < -0.4 is 9.47 Å². The number of Topliss-reactive ketones (excluding diaryl/α,β-unsaturated/α-hetero) is 1. The van der Waals surface area contributed by atoms with Crippen molar-refractivity contribution in [1.82, 2.24) is 4.90 Å². The molecule has 0 spiro atoms. The van der Waals surface area contributed by atoms with Crippen LogP contribution in [0.5, 0.6) is 11.5 Å². The lowest BCUT2D eigenvalue weighted by molar-refractivity contribution is -0.140. The Bertz CT molecular complexity index is 1040. The molecule has 1 amide bonds. The Morgan fingerprint density at radius 3 is 2.39 bits per heavy atom. The molecule has 1 N–H and O–H groups in total. The molecule has 3 rings (SSSR count). The zero-order valence-electron chi connectivity index (χ0n) is 19.8. The molecule has 0 radical (unpaired) electrons. The monoisotopic (exact) mass is 453 g/mol. The van der Waals surface area contributed by atoms with Crippen LogP contribution in [0.15, 0.2) is 48.0 Å². The average molecular weight is 454 g/mol. The van der Waals surface area contributed by atoms with Crippen molar-refractivity contribution in [2.24, 2.45) is 0 Å². The van der Waals surface area contributed by atoms with Crippen LogP contribution in [0.2, 0.25) is 0 Å². The van der Waals surface area contributed by atoms with Gasteiger partial charge in [0.15, 0.2) is 0 Å². The van der Waals surface area contributed by atoms with E-state index in [1.165, 1.54) is 4.90 Å². The number of ketones is 1. The zero-order chi connectivity index (χ0) is 24.1. The van der Waals surface area contributed by atoms with E-state index in [4.69, 9.17) is 14.2 Å². The lowest BCUT2D eigenvalue weighted by atomic mass is 9.94. The number of aliphatic hydroxyl groups is 1. The van der Waals surface area contributed by atoms with Crippen LogP contribution in [0.1, 0.15) is 43.5 Å². The number of ether oxygens (including phenoxy) is 3. The summed E-state index contributed by atoms with van der Waals surface area (Å²) in [6, 6.07) is 11.6. The summed E-state index contributed by atoms with van der Waals surface area (Å²) >= 11 is 0. The molecule has 0 saturated carbocycles. The number of rotatable bonds is 9. The number of aryl methyl sites for hydroxylation is 1. The number of hydrogen-bond donors (Lipinski definition) is 1. The van der Waals surface area contributed by atoms with Crippen LogP contribution in [0.25, 0.3) is 5.76 Å². The van der Waals surface area contributed by atoms with E-state index in [1.54, 1.807) is 37.4 Å². The van der Waals surface area contributed by atoms with Crippen molar-refractivity contribution < 1.29 is 28.9 Å². The maximum atomic E-state index is 13.1. The number of methoxy groups -OCH3 is 1. The van der Waals surface area contributed by atoms with Crippen molar-refractivity contribution in [2.45, 2.75) is 39.8 Å². The standard InChI is InChI=1S/C26H31NO6/c1-6-32-20-10-7-18(8-11-20)23-22(24(28)19-9-12-21(31-5)17(4)15-19)25(29)26(30)27(23)13-14-33-16(2)3/h7-12,15-16,23,28H,6,13-14H2,1-5H3/b24-22-. The predicted molar refractivity (Wildman–Crippen MR) is 125 cm³/mol. The summed E-state index contributed by atoms with van der Waals surface area (Å²) < 4.78 is 16.4. The van der Waals surface area contributed by atoms with Crippen LogP contribution in [0.4, 0.5) is 0 Å². The van der Waals surface area contributed by atoms with E-state index in [0.29, 0.717) is 29.2 Å². The molecule has 1 heterocycles. The zero-order valence-corrected chi connectivity index (χ0v) is 19.8. The van der Waals surface area contributed by atoms with Gasteiger partial charge in [-0.2, -0.15) is 0 Å². The quantitative estimate of drug-likeness (QED) is 0.347. The summed E-state index contributed by atoms with van der Waals surface area (Å²) in [6.07, 6.45) is -0.00646. The fourth-order valence-corrected chi connectivity index (χ4v) is 3.94. The number of likely N-dealkylation sites (tertiary alicyclic amines) is 1. The minimum atomic E-state index is -0.737. The highest BCUT2D eigenvalue weighted by Gasteiger charge is 2.45. The van der Waals surface area contributed by atoms with Gasteiger partial charge in [-0.25, -0.2) is 0 Å². The second-order valence-electron chi connectivity index (χ2n) is 8.10. The molecule has 0 bridgehead atoms. The summed E-state index contributed by atoms with van der Waals surface area (Å²) in [6.45, 7) is 8.59. The lowest BCUT2D eigenvalue weighted by Crippen LogP contribution is -2.33. The van der Waals surface area contributed by atoms with Gasteiger partial charge in [0.25, 0.3) is 11.7 Å². The summed E-state index contributed by atoms with van der Waals surface area (Å²) in [5.41, 5.74) is 2.01. The Kier molecular flexibility index (Phi) is 7.76. The average Bonchev–Trinajstić information content (AvgIpc) is 3.04. The van der Waals surface area contributed by atoms with Gasteiger partial charge in [0.2, 0.25) is 0 Å². The van der Waals surface area contributed by atoms with Crippen molar-refractivity contribution in [2.75, 3.05) is 26.9 Å². The Labute approximate surface area is 194 Å². The van der Waals surface area contributed by atoms with Crippen LogP contribution in [-0.2, 0) is 14.3 Å². The Balaban J connectivity index is 2.08. The highest BCUT2D eigenvalue weighted by Crippen LogP contribution is 2.40. The molecule has 176 valence electrons. The van der Waals surface area contributed by atoms with Gasteiger partial charge in [-0.3, -0.25) is 9.59 Å². The van der Waals surface area contributed by atoms with Gasteiger partial charge in [0.1, 0.15) is 17.3 Å². The minimum absolute atomic E-state index is 0.00646. The molecule has 1 saturated heterocycles. The maximum absolute atomic E-state index is 13.1. The first-order chi connectivity index (χ1) is 15.8. The van der Waals surface area contributed by atoms with Crippen molar-refractivity contribution in [1.29, 1.82) is 0 Å². The van der Waals surface area contributed by atoms with Crippen LogP contribution >= 0.6 is 0 Å². The van der Waals surface area contributed by atoms with Gasteiger partial charge < -0.3 is 24.2 Å². The van der Waals surface area contributed by atoms with Crippen LogP contribution in [-0.4, -0.2) is 54.7 Å². The van der Waals surface area contributed by atoms with Gasteiger partial charge in [0, 0.05) is 12.1 Å². The van der Waals surface area contributed by atoms with Gasteiger partial charge in [-0.1, -0.05) is 12.1 Å². The second kappa shape index (κ2) is 10.5. The summed E-state index contributed by atoms with van der Waals surface area (Å²) in [5, 5.41) is 11.2. The van der Waals surface area contributed by atoms with E-state index in [9.17, 15) is 14.7 Å². The summed E-state index contributed by atoms with van der Waals surface area (Å²) in [4.78, 5) is 27.5. The molecule has 2 aromatic carbocycles. The molecule has 0 aromatic heterocycles. The number of benzene rings is 2. The molecule has 1 unspecified atom stereocenters. The van der Waals surface area contributed by atoms with E-state index < -0.39 is 17.7 Å². The highest BCUT2D eigenvalue weighted by molar-refractivity contribution is 6.46. The Hall–Kier alpha value is -3.32. The highest BCUT2D eigenvalue weighted by atomic mass is 16.5. The van der Waals surface area contributed by atoms with Crippen LogP contribution in [0, 0.1) is 6.92 Å². The Morgan fingerprint density at radius 1 is 1.12 bits per heavy atom. The van der Waals surface area contributed by atoms with E-state index >= 15 is 0 Å². The van der Waals surface area contributed by atoms with Gasteiger partial charge in [-0.05, 0) is 69.2 Å². The molecule has 1 atom stereocenters. The molecule has 1 aliphatic rings. The lowest BCUT2D eigenvalue weighted by Gasteiger charge is -2.26. The first kappa shape index (κ1) is 24.3. The van der Waals surface area contributed by atoms with Crippen molar-refractivity contribution in [3.8, 4) is 11.5 Å². The van der Waals surface area contributed by atoms with E-state index in [2.05, 4.69) is 0 Å². The van der Waals surface area contributed by atoms with Crippen LogP contribution in [0.3, 0.4) is 0 Å². The summed E-state index contributed by atoms with van der Waals surface area (Å²) in [5.74, 6) is -0.240. The molecule has 7 nitrogen and oxygen atoms in total. The van der Waals surface area contributed by atoms with Gasteiger partial charge in [-0.15, -0.1) is 0 Å². The first-order valence-corrected chi connectivity index (χ1v) is 11.1. The molecule has 33 heavy (non-hydrogen) atoms. The number of carbonyl (C=O) groups is 2. The van der Waals surface area contributed by atoms with Gasteiger partial charge in [0.05, 0.1) is 38.0 Å². The SMILES string of the molecule is CCOc1ccc(C2/C(=C(/O)c3ccc(OC)c(C)c3)C(=O)C(=O)N2CCOC(C)C)cc1. The fraction of sp³-hybridized carbons (Fsp3) is 0.385. The minimum Gasteiger partial charge on any atom is -0.507 e. The number of aliphatic hydroxyl groups excluding tert-OH is 1. The molecule has 1 aliphatic heterocycles. The normalized spacial score (nSPS) is 17.6. The van der Waals surface area contributed by atoms with Crippen molar-refractivity contribution in [3.05, 3.63) is 64.7 Å². The van der Waals surface area contributed by atoms with E-state index in [1.807, 2.05) is 39.8 Å². The largest absolute Gasteiger partial charge is 0.507 e. The smallest absolute Gasteiger partial charge is 0.295 e. The molecule has 1 fully saturated rings. The first-order valence-electron chi connectivity index (χ1n) is 11.1. The van der Waals surface area contributed by atoms with E-state index in [-0.39, 0.29) is 30.6 Å². The van der Waals surface area contributed by atoms with Gasteiger partial charge >= 0.3 is 0 Å².